The lowest BCUT2D eigenvalue weighted by molar-refractivity contribution is 0.0144. The van der Waals surface area contributed by atoms with Gasteiger partial charge in [-0.05, 0) is 43.1 Å². The van der Waals surface area contributed by atoms with Crippen LogP contribution in [0.4, 0.5) is 8.78 Å². The van der Waals surface area contributed by atoms with E-state index >= 15 is 0 Å². The van der Waals surface area contributed by atoms with Gasteiger partial charge in [0, 0.05) is 22.7 Å². The van der Waals surface area contributed by atoms with Gasteiger partial charge in [-0.2, -0.15) is 0 Å². The van der Waals surface area contributed by atoms with E-state index in [4.69, 9.17) is 27.9 Å². The molecule has 0 heterocycles. The van der Waals surface area contributed by atoms with E-state index in [9.17, 15) is 8.78 Å². The van der Waals surface area contributed by atoms with Crippen LogP contribution in [0, 0.1) is 0 Å². The number of likely N-dealkylation sites (N-methyl/N-ethyl adjacent to an activating group) is 1. The summed E-state index contributed by atoms with van der Waals surface area (Å²) in [5.41, 5.74) is 0.943. The van der Waals surface area contributed by atoms with E-state index in [2.05, 4.69) is 5.32 Å². The molecule has 0 amide bonds. The predicted molar refractivity (Wildman–Crippen MR) is 79.1 cm³/mol. The Morgan fingerprint density at radius 1 is 1.30 bits per heavy atom. The second-order valence-electron chi connectivity index (χ2n) is 4.45. The van der Waals surface area contributed by atoms with Crippen molar-refractivity contribution >= 4 is 23.2 Å². The highest BCUT2D eigenvalue weighted by Crippen LogP contribution is 2.22. The number of hydrogen-bond donors (Lipinski definition) is 1. The molecule has 0 saturated heterocycles. The van der Waals surface area contributed by atoms with E-state index in [-0.39, 0.29) is 6.04 Å². The van der Waals surface area contributed by atoms with Crippen LogP contribution < -0.4 is 5.32 Å². The van der Waals surface area contributed by atoms with Gasteiger partial charge in [0.25, 0.3) is 6.43 Å². The van der Waals surface area contributed by atoms with Crippen LogP contribution in [0.25, 0.3) is 0 Å². The molecule has 6 heteroatoms. The van der Waals surface area contributed by atoms with E-state index in [0.717, 1.165) is 12.1 Å². The summed E-state index contributed by atoms with van der Waals surface area (Å²) in [6.07, 6.45) is -1.09. The summed E-state index contributed by atoms with van der Waals surface area (Å²) in [7, 11) is 0. The first-order chi connectivity index (χ1) is 9.52. The van der Waals surface area contributed by atoms with E-state index in [0.29, 0.717) is 29.5 Å². The normalized spacial score (nSPS) is 12.9. The molecule has 1 rings (SSSR count). The number of nitrogens with one attached hydrogen (secondary N) is 1. The van der Waals surface area contributed by atoms with Gasteiger partial charge >= 0.3 is 0 Å². The molecule has 1 aromatic rings. The molecular formula is C14H19Cl2F2NO. The molecule has 1 atom stereocenters. The Labute approximate surface area is 128 Å². The van der Waals surface area contributed by atoms with Crippen LogP contribution in [0.3, 0.4) is 0 Å². The van der Waals surface area contributed by atoms with Crippen LogP contribution in [0.2, 0.25) is 10.0 Å². The van der Waals surface area contributed by atoms with Gasteiger partial charge in [-0.1, -0.05) is 30.1 Å². The lowest BCUT2D eigenvalue weighted by atomic mass is 10.0. The maximum Gasteiger partial charge on any atom is 0.261 e. The van der Waals surface area contributed by atoms with Crippen molar-refractivity contribution in [2.75, 3.05) is 19.8 Å². The van der Waals surface area contributed by atoms with E-state index < -0.39 is 13.0 Å². The Morgan fingerprint density at radius 2 is 2.05 bits per heavy atom. The first-order valence-corrected chi connectivity index (χ1v) is 7.31. The Kier molecular flexibility index (Phi) is 8.38. The van der Waals surface area contributed by atoms with Crippen molar-refractivity contribution in [2.24, 2.45) is 0 Å². The fourth-order valence-corrected chi connectivity index (χ4v) is 2.32. The zero-order chi connectivity index (χ0) is 15.0. The number of rotatable bonds is 9. The summed E-state index contributed by atoms with van der Waals surface area (Å²) in [6, 6.07) is 5.44. The maximum absolute atomic E-state index is 12.0. The lowest BCUT2D eigenvalue weighted by Gasteiger charge is -2.19. The molecule has 20 heavy (non-hydrogen) atoms. The highest BCUT2D eigenvalue weighted by molar-refractivity contribution is 6.33. The summed E-state index contributed by atoms with van der Waals surface area (Å²) in [4.78, 5) is 0. The van der Waals surface area contributed by atoms with E-state index in [1.807, 2.05) is 13.0 Å². The monoisotopic (exact) mass is 325 g/mol. The average Bonchev–Trinajstić information content (AvgIpc) is 2.39. The number of ether oxygens (including phenoxy) is 1. The molecule has 0 aromatic heterocycles. The smallest absolute Gasteiger partial charge is 0.261 e. The zero-order valence-electron chi connectivity index (χ0n) is 11.3. The average molecular weight is 326 g/mol. The molecule has 0 aliphatic carbocycles. The largest absolute Gasteiger partial charge is 0.375 e. The van der Waals surface area contributed by atoms with Crippen LogP contribution >= 0.6 is 23.2 Å². The Bertz CT molecular complexity index is 405. The van der Waals surface area contributed by atoms with Crippen molar-refractivity contribution in [3.63, 3.8) is 0 Å². The van der Waals surface area contributed by atoms with Gasteiger partial charge in [-0.15, -0.1) is 0 Å². The van der Waals surface area contributed by atoms with Crippen LogP contribution in [0.5, 0.6) is 0 Å². The van der Waals surface area contributed by atoms with Crippen molar-refractivity contribution in [1.29, 1.82) is 0 Å². The zero-order valence-corrected chi connectivity index (χ0v) is 12.9. The van der Waals surface area contributed by atoms with Crippen LogP contribution in [-0.4, -0.2) is 32.2 Å². The third-order valence-electron chi connectivity index (χ3n) is 2.82. The van der Waals surface area contributed by atoms with Gasteiger partial charge < -0.3 is 10.1 Å². The Balaban J connectivity index is 2.51. The first kappa shape index (κ1) is 17.6. The van der Waals surface area contributed by atoms with Crippen LogP contribution in [-0.2, 0) is 11.2 Å². The molecule has 0 saturated carbocycles. The maximum atomic E-state index is 12.0. The van der Waals surface area contributed by atoms with Gasteiger partial charge in [-0.3, -0.25) is 0 Å². The molecule has 0 aliphatic heterocycles. The minimum Gasteiger partial charge on any atom is -0.375 e. The minimum atomic E-state index is -2.42. The second kappa shape index (κ2) is 9.50. The number of halogens is 4. The number of hydrogen-bond acceptors (Lipinski definition) is 2. The third-order valence-corrected chi connectivity index (χ3v) is 3.43. The molecule has 0 fully saturated rings. The fraction of sp³-hybridized carbons (Fsp3) is 0.571. The molecule has 0 radical (unpaired) electrons. The van der Waals surface area contributed by atoms with Crippen molar-refractivity contribution in [3.05, 3.63) is 33.8 Å². The fourth-order valence-electron chi connectivity index (χ4n) is 1.93. The molecule has 114 valence electrons. The van der Waals surface area contributed by atoms with Gasteiger partial charge in [0.05, 0.1) is 0 Å². The summed E-state index contributed by atoms with van der Waals surface area (Å²) >= 11 is 12.1. The van der Waals surface area contributed by atoms with Gasteiger partial charge in [0.15, 0.2) is 0 Å². The highest BCUT2D eigenvalue weighted by Gasteiger charge is 2.12. The molecule has 2 nitrogen and oxygen atoms in total. The molecule has 0 bridgehead atoms. The Hall–Kier alpha value is -0.420. The van der Waals surface area contributed by atoms with Crippen molar-refractivity contribution in [1.82, 2.24) is 5.32 Å². The first-order valence-electron chi connectivity index (χ1n) is 6.56. The molecule has 0 spiro atoms. The second-order valence-corrected chi connectivity index (χ2v) is 5.29. The summed E-state index contributed by atoms with van der Waals surface area (Å²) in [6.45, 7) is 2.56. The molecule has 1 N–H and O–H groups in total. The van der Waals surface area contributed by atoms with Gasteiger partial charge in [0.2, 0.25) is 0 Å². The minimum absolute atomic E-state index is 0.119. The SMILES string of the molecule is CCNC(CCOCC(F)F)Cc1cc(Cl)ccc1Cl. The topological polar surface area (TPSA) is 21.3 Å². The lowest BCUT2D eigenvalue weighted by Crippen LogP contribution is -2.32. The van der Waals surface area contributed by atoms with E-state index in [1.165, 1.54) is 0 Å². The standard InChI is InChI=1S/C14H19Cl2F2NO/c1-2-19-12(5-6-20-9-14(17)18)8-10-7-11(15)3-4-13(10)16/h3-4,7,12,14,19H,2,5-6,8-9H2,1H3. The number of benzene rings is 1. The highest BCUT2D eigenvalue weighted by atomic mass is 35.5. The quantitative estimate of drug-likeness (QED) is 0.687. The van der Waals surface area contributed by atoms with Crippen molar-refractivity contribution in [2.45, 2.75) is 32.2 Å². The molecule has 1 unspecified atom stereocenters. The van der Waals surface area contributed by atoms with Crippen molar-refractivity contribution in [3.8, 4) is 0 Å². The van der Waals surface area contributed by atoms with E-state index in [1.54, 1.807) is 12.1 Å². The molecule has 0 aliphatic rings. The third kappa shape index (κ3) is 6.84. The summed E-state index contributed by atoms with van der Waals surface area (Å²) in [5, 5.41) is 4.59. The molecule has 1 aromatic carbocycles. The van der Waals surface area contributed by atoms with Crippen LogP contribution in [0.15, 0.2) is 18.2 Å². The number of alkyl halides is 2. The Morgan fingerprint density at radius 3 is 2.70 bits per heavy atom. The predicted octanol–water partition coefficient (Wildman–Crippen LogP) is 4.19. The van der Waals surface area contributed by atoms with Crippen LogP contribution in [0.1, 0.15) is 18.9 Å². The van der Waals surface area contributed by atoms with Crippen molar-refractivity contribution < 1.29 is 13.5 Å². The van der Waals surface area contributed by atoms with Gasteiger partial charge in [0.1, 0.15) is 6.61 Å². The molecular weight excluding hydrogens is 307 g/mol. The summed E-state index contributed by atoms with van der Waals surface area (Å²) in [5.74, 6) is 0. The van der Waals surface area contributed by atoms with Gasteiger partial charge in [-0.25, -0.2) is 8.78 Å². The summed E-state index contributed by atoms with van der Waals surface area (Å²) < 4.78 is 28.9.